The third-order valence-electron chi connectivity index (χ3n) is 5.15. The van der Waals surface area contributed by atoms with E-state index >= 15 is 0 Å². The highest BCUT2D eigenvalue weighted by atomic mass is 16.5. The molecule has 0 radical (unpaired) electrons. The van der Waals surface area contributed by atoms with Crippen LogP contribution in [0, 0.1) is 6.92 Å². The summed E-state index contributed by atoms with van der Waals surface area (Å²) in [5, 5.41) is 2.90. The quantitative estimate of drug-likeness (QED) is 0.378. The van der Waals surface area contributed by atoms with Crippen molar-refractivity contribution in [2.75, 3.05) is 13.2 Å². The van der Waals surface area contributed by atoms with Crippen LogP contribution >= 0.6 is 0 Å². The second-order valence-electron chi connectivity index (χ2n) is 7.52. The molecule has 0 unspecified atom stereocenters. The Morgan fingerprint density at radius 2 is 2.00 bits per heavy atom. The highest BCUT2D eigenvalue weighted by Gasteiger charge is 2.12. The number of hydrogen-bond donors (Lipinski definition) is 1. The van der Waals surface area contributed by atoms with Crippen LogP contribution in [-0.2, 0) is 13.0 Å². The number of unbranched alkanes of at least 4 members (excludes halogenated alkanes) is 1. The number of para-hydroxylation sites is 2. The number of imidazole rings is 1. The molecule has 6 nitrogen and oxygen atoms in total. The molecule has 4 rings (SSSR count). The van der Waals surface area contributed by atoms with Crippen molar-refractivity contribution in [3.8, 4) is 5.75 Å². The molecule has 0 fully saturated rings. The molecule has 0 aliphatic heterocycles. The molecule has 2 heterocycles. The number of hydrogen-bond acceptors (Lipinski definition) is 4. The van der Waals surface area contributed by atoms with Crippen molar-refractivity contribution in [3.63, 3.8) is 0 Å². The number of carbonyl (C=O) groups is 1. The zero-order chi connectivity index (χ0) is 21.5. The summed E-state index contributed by atoms with van der Waals surface area (Å²) >= 11 is 0. The smallest absolute Gasteiger partial charge is 0.286 e. The van der Waals surface area contributed by atoms with Crippen molar-refractivity contribution >= 4 is 16.9 Å². The summed E-state index contributed by atoms with van der Waals surface area (Å²) in [4.78, 5) is 16.9. The van der Waals surface area contributed by atoms with E-state index in [-0.39, 0.29) is 5.91 Å². The molecule has 0 aliphatic rings. The SMILES string of the molecule is Cc1cccc(OCCCCn2c(CCNC(=O)c3ccco3)nc3ccccc32)c1. The van der Waals surface area contributed by atoms with E-state index in [1.54, 1.807) is 12.1 Å². The lowest BCUT2D eigenvalue weighted by atomic mass is 10.2. The van der Waals surface area contributed by atoms with Gasteiger partial charge in [-0.05, 0) is 61.7 Å². The maximum absolute atomic E-state index is 12.1. The van der Waals surface area contributed by atoms with Crippen LogP contribution in [0.5, 0.6) is 5.75 Å². The topological polar surface area (TPSA) is 69.3 Å². The Hall–Kier alpha value is -3.54. The average molecular weight is 418 g/mol. The fourth-order valence-electron chi connectivity index (χ4n) is 3.62. The Morgan fingerprint density at radius 1 is 1.10 bits per heavy atom. The van der Waals surface area contributed by atoms with Gasteiger partial charge in [-0.2, -0.15) is 0 Å². The van der Waals surface area contributed by atoms with Gasteiger partial charge in [-0.25, -0.2) is 4.98 Å². The summed E-state index contributed by atoms with van der Waals surface area (Å²) in [6.07, 6.45) is 4.09. The molecular weight excluding hydrogens is 390 g/mol. The molecule has 0 spiro atoms. The van der Waals surface area contributed by atoms with E-state index in [9.17, 15) is 4.79 Å². The third-order valence-corrected chi connectivity index (χ3v) is 5.15. The largest absolute Gasteiger partial charge is 0.494 e. The van der Waals surface area contributed by atoms with Crippen molar-refractivity contribution < 1.29 is 13.9 Å². The summed E-state index contributed by atoms with van der Waals surface area (Å²) in [6, 6.07) is 19.6. The predicted octanol–water partition coefficient (Wildman–Crippen LogP) is 4.77. The Labute approximate surface area is 181 Å². The summed E-state index contributed by atoms with van der Waals surface area (Å²) in [5.74, 6) is 2.00. The molecule has 160 valence electrons. The average Bonchev–Trinajstić information content (AvgIpc) is 3.42. The lowest BCUT2D eigenvalue weighted by Crippen LogP contribution is -2.26. The van der Waals surface area contributed by atoms with E-state index < -0.39 is 0 Å². The molecule has 0 saturated carbocycles. The monoisotopic (exact) mass is 417 g/mol. The molecule has 31 heavy (non-hydrogen) atoms. The molecule has 4 aromatic rings. The zero-order valence-electron chi connectivity index (χ0n) is 17.7. The van der Waals surface area contributed by atoms with Crippen molar-refractivity contribution in [1.82, 2.24) is 14.9 Å². The van der Waals surface area contributed by atoms with Gasteiger partial charge < -0.3 is 19.0 Å². The van der Waals surface area contributed by atoms with Gasteiger partial charge in [0.1, 0.15) is 11.6 Å². The maximum Gasteiger partial charge on any atom is 0.286 e. The number of rotatable bonds is 10. The van der Waals surface area contributed by atoms with Gasteiger partial charge in [0.05, 0.1) is 23.9 Å². The number of aryl methyl sites for hydroxylation is 2. The third kappa shape index (κ3) is 5.34. The summed E-state index contributed by atoms with van der Waals surface area (Å²) in [6.45, 7) is 4.11. The molecule has 0 atom stereocenters. The van der Waals surface area contributed by atoms with Gasteiger partial charge in [0.2, 0.25) is 0 Å². The van der Waals surface area contributed by atoms with E-state index in [2.05, 4.69) is 35.0 Å². The van der Waals surface area contributed by atoms with Crippen LogP contribution in [0.1, 0.15) is 34.8 Å². The van der Waals surface area contributed by atoms with Gasteiger partial charge in [0.15, 0.2) is 5.76 Å². The Morgan fingerprint density at radius 3 is 2.84 bits per heavy atom. The zero-order valence-corrected chi connectivity index (χ0v) is 17.7. The van der Waals surface area contributed by atoms with Crippen LogP contribution in [0.15, 0.2) is 71.3 Å². The molecule has 1 amide bonds. The van der Waals surface area contributed by atoms with Gasteiger partial charge in [-0.1, -0.05) is 24.3 Å². The number of fused-ring (bicyclic) bond motifs is 1. The van der Waals surface area contributed by atoms with E-state index in [0.717, 1.165) is 42.0 Å². The normalized spacial score (nSPS) is 11.0. The number of ether oxygens (including phenoxy) is 1. The van der Waals surface area contributed by atoms with Crippen molar-refractivity contribution in [2.24, 2.45) is 0 Å². The minimum atomic E-state index is -0.207. The second kappa shape index (κ2) is 9.98. The molecular formula is C25H27N3O3. The molecule has 1 N–H and O–H groups in total. The summed E-state index contributed by atoms with van der Waals surface area (Å²) in [5.41, 5.74) is 3.30. The van der Waals surface area contributed by atoms with Gasteiger partial charge in [-0.15, -0.1) is 0 Å². The number of nitrogens with zero attached hydrogens (tertiary/aromatic N) is 2. The van der Waals surface area contributed by atoms with Crippen LogP contribution in [0.2, 0.25) is 0 Å². The number of benzene rings is 2. The number of aromatic nitrogens is 2. The van der Waals surface area contributed by atoms with Gasteiger partial charge >= 0.3 is 0 Å². The van der Waals surface area contributed by atoms with Crippen molar-refractivity contribution in [3.05, 3.63) is 84.1 Å². The molecule has 0 saturated heterocycles. The number of carbonyl (C=O) groups excluding carboxylic acids is 1. The van der Waals surface area contributed by atoms with Crippen LogP contribution in [-0.4, -0.2) is 28.6 Å². The van der Waals surface area contributed by atoms with E-state index in [0.29, 0.717) is 25.3 Å². The minimum Gasteiger partial charge on any atom is -0.494 e. The molecule has 0 bridgehead atoms. The number of nitrogens with one attached hydrogen (secondary N) is 1. The first kappa shape index (κ1) is 20.7. The fraction of sp³-hybridized carbons (Fsp3) is 0.280. The number of furan rings is 1. The Kier molecular flexibility index (Phi) is 6.67. The van der Waals surface area contributed by atoms with Crippen LogP contribution in [0.25, 0.3) is 11.0 Å². The molecule has 6 heteroatoms. The first-order valence-corrected chi connectivity index (χ1v) is 10.7. The predicted molar refractivity (Wildman–Crippen MR) is 120 cm³/mol. The highest BCUT2D eigenvalue weighted by molar-refractivity contribution is 5.91. The summed E-state index contributed by atoms with van der Waals surface area (Å²) in [7, 11) is 0. The van der Waals surface area contributed by atoms with E-state index in [4.69, 9.17) is 14.1 Å². The van der Waals surface area contributed by atoms with Crippen molar-refractivity contribution in [1.29, 1.82) is 0 Å². The van der Waals surface area contributed by atoms with Crippen LogP contribution in [0.3, 0.4) is 0 Å². The minimum absolute atomic E-state index is 0.207. The lowest BCUT2D eigenvalue weighted by molar-refractivity contribution is 0.0926. The van der Waals surface area contributed by atoms with Crippen molar-refractivity contribution in [2.45, 2.75) is 32.7 Å². The summed E-state index contributed by atoms with van der Waals surface area (Å²) < 4.78 is 13.3. The maximum atomic E-state index is 12.1. The highest BCUT2D eigenvalue weighted by Crippen LogP contribution is 2.18. The standard InChI is InChI=1S/C25H27N3O3/c1-19-8-6-9-20(18-19)30-16-5-4-15-28-22-11-3-2-10-21(22)27-24(28)13-14-26-25(29)23-12-7-17-31-23/h2-3,6-12,17-18H,4-5,13-16H2,1H3,(H,26,29). The van der Waals surface area contributed by atoms with Gasteiger partial charge in [0.25, 0.3) is 5.91 Å². The first-order chi connectivity index (χ1) is 15.2. The van der Waals surface area contributed by atoms with Gasteiger partial charge in [-0.3, -0.25) is 4.79 Å². The Balaban J connectivity index is 1.33. The Bertz CT molecular complexity index is 1130. The first-order valence-electron chi connectivity index (χ1n) is 10.7. The van der Waals surface area contributed by atoms with Gasteiger partial charge in [0, 0.05) is 19.5 Å². The van der Waals surface area contributed by atoms with Crippen LogP contribution < -0.4 is 10.1 Å². The molecule has 2 aromatic heterocycles. The molecule has 0 aliphatic carbocycles. The number of amides is 1. The van der Waals surface area contributed by atoms with E-state index in [1.165, 1.54) is 11.8 Å². The second-order valence-corrected chi connectivity index (χ2v) is 7.52. The fourth-order valence-corrected chi connectivity index (χ4v) is 3.62. The van der Waals surface area contributed by atoms with Crippen LogP contribution in [0.4, 0.5) is 0 Å². The molecule has 2 aromatic carbocycles. The lowest BCUT2D eigenvalue weighted by Gasteiger charge is -2.11. The van der Waals surface area contributed by atoms with E-state index in [1.807, 2.05) is 30.3 Å².